The van der Waals surface area contributed by atoms with Gasteiger partial charge in [0, 0.05) is 12.8 Å². The Bertz CT molecular complexity index is 216. The van der Waals surface area contributed by atoms with E-state index in [1.807, 2.05) is 6.20 Å². The molecule has 0 aromatic carbocycles. The summed E-state index contributed by atoms with van der Waals surface area (Å²) in [6, 6.07) is 0. The summed E-state index contributed by atoms with van der Waals surface area (Å²) in [6.07, 6.45) is 4.14. The Morgan fingerprint density at radius 3 is 2.50 bits per heavy atom. The first-order valence-electron chi connectivity index (χ1n) is 4.70. The minimum Gasteiger partial charge on any atom is -0.251 e. The van der Waals surface area contributed by atoms with E-state index in [0.717, 1.165) is 16.9 Å². The molecule has 0 aromatic heterocycles. The minimum atomic E-state index is 0.720. The van der Waals surface area contributed by atoms with E-state index in [9.17, 15) is 0 Å². The minimum absolute atomic E-state index is 0.720. The van der Waals surface area contributed by atoms with Crippen LogP contribution in [0.5, 0.6) is 0 Å². The number of aliphatic imine (C=N–C) groups is 1. The average Bonchev–Trinajstić information content (AvgIpc) is 2.32. The van der Waals surface area contributed by atoms with Crippen molar-refractivity contribution in [3.05, 3.63) is 12.4 Å². The molecule has 1 aliphatic rings. The van der Waals surface area contributed by atoms with Crippen molar-refractivity contribution in [2.24, 2.45) is 10.9 Å². The lowest BCUT2D eigenvalue weighted by Gasteiger charge is -2.31. The molecule has 0 saturated carbocycles. The Morgan fingerprint density at radius 2 is 2.17 bits per heavy atom. The maximum Gasteiger partial charge on any atom is 0.204 e. The smallest absolute Gasteiger partial charge is 0.204 e. The van der Waals surface area contributed by atoms with Gasteiger partial charge in [-0.15, -0.1) is 0 Å². The van der Waals surface area contributed by atoms with Crippen molar-refractivity contribution in [2.45, 2.75) is 27.7 Å². The van der Waals surface area contributed by atoms with Crippen LogP contribution in [-0.4, -0.2) is 23.4 Å². The lowest BCUT2D eigenvalue weighted by Crippen LogP contribution is -2.47. The van der Waals surface area contributed by atoms with Gasteiger partial charge in [0.1, 0.15) is 6.20 Å². The number of hydrogen-bond acceptors (Lipinski definition) is 1. The van der Waals surface area contributed by atoms with Crippen LogP contribution in [0.2, 0.25) is 0 Å². The number of quaternary nitrogens is 1. The Balaban J connectivity index is 2.77. The second-order valence-electron chi connectivity index (χ2n) is 3.90. The van der Waals surface area contributed by atoms with Gasteiger partial charge in [0.05, 0.1) is 19.3 Å². The highest BCUT2D eigenvalue weighted by atomic mass is 15.4. The first kappa shape index (κ1) is 9.46. The standard InChI is InChI=1S/C10H19N2/c1-5-12(8-9(2)3)7-6-11-10(12)4/h6-7,9H,5,8H2,1-4H3/q+1. The Kier molecular flexibility index (Phi) is 2.68. The largest absolute Gasteiger partial charge is 0.251 e. The predicted molar refractivity (Wildman–Crippen MR) is 52.8 cm³/mol. The van der Waals surface area contributed by atoms with Crippen LogP contribution in [0, 0.1) is 5.92 Å². The summed E-state index contributed by atoms with van der Waals surface area (Å²) in [6.45, 7) is 11.1. The molecule has 1 atom stereocenters. The molecule has 0 aliphatic carbocycles. The first-order chi connectivity index (χ1) is 5.60. The average molecular weight is 167 g/mol. The third-order valence-corrected chi connectivity index (χ3v) is 2.51. The van der Waals surface area contributed by atoms with Crippen molar-refractivity contribution >= 4 is 5.84 Å². The Morgan fingerprint density at radius 1 is 1.50 bits per heavy atom. The summed E-state index contributed by atoms with van der Waals surface area (Å²) in [7, 11) is 0. The van der Waals surface area contributed by atoms with Gasteiger partial charge in [0.25, 0.3) is 0 Å². The number of rotatable bonds is 3. The topological polar surface area (TPSA) is 12.4 Å². The second kappa shape index (κ2) is 3.40. The second-order valence-corrected chi connectivity index (χ2v) is 3.90. The number of amidine groups is 1. The van der Waals surface area contributed by atoms with Crippen LogP contribution in [0.15, 0.2) is 17.4 Å². The molecule has 0 saturated heterocycles. The molecule has 1 rings (SSSR count). The van der Waals surface area contributed by atoms with E-state index < -0.39 is 0 Å². The van der Waals surface area contributed by atoms with Gasteiger partial charge in [-0.3, -0.25) is 4.48 Å². The number of nitrogens with zero attached hydrogens (tertiary/aromatic N) is 2. The molecule has 2 heteroatoms. The molecular weight excluding hydrogens is 148 g/mol. The van der Waals surface area contributed by atoms with Crippen molar-refractivity contribution in [3.8, 4) is 0 Å². The van der Waals surface area contributed by atoms with Crippen molar-refractivity contribution in [3.63, 3.8) is 0 Å². The molecule has 12 heavy (non-hydrogen) atoms. The summed E-state index contributed by atoms with van der Waals surface area (Å²) in [5.74, 6) is 1.95. The van der Waals surface area contributed by atoms with Crippen molar-refractivity contribution in [1.29, 1.82) is 0 Å². The van der Waals surface area contributed by atoms with Gasteiger partial charge in [0.2, 0.25) is 5.84 Å². The molecule has 68 valence electrons. The zero-order valence-electron chi connectivity index (χ0n) is 8.54. The highest BCUT2D eigenvalue weighted by molar-refractivity contribution is 5.75. The zero-order chi connectivity index (χ0) is 9.19. The van der Waals surface area contributed by atoms with Crippen LogP contribution in [0.4, 0.5) is 0 Å². The highest BCUT2D eigenvalue weighted by Crippen LogP contribution is 2.18. The summed E-state index contributed by atoms with van der Waals surface area (Å²) in [5, 5.41) is 0. The van der Waals surface area contributed by atoms with Crippen LogP contribution in [0.3, 0.4) is 0 Å². The van der Waals surface area contributed by atoms with E-state index in [0.29, 0.717) is 0 Å². The summed E-state index contributed by atoms with van der Waals surface area (Å²) in [4.78, 5) is 4.32. The van der Waals surface area contributed by atoms with E-state index in [1.165, 1.54) is 12.4 Å². The van der Waals surface area contributed by atoms with Gasteiger partial charge in [-0.05, 0) is 6.92 Å². The van der Waals surface area contributed by atoms with E-state index >= 15 is 0 Å². The molecule has 1 aliphatic heterocycles. The Hall–Kier alpha value is -0.630. The van der Waals surface area contributed by atoms with Crippen LogP contribution >= 0.6 is 0 Å². The monoisotopic (exact) mass is 167 g/mol. The van der Waals surface area contributed by atoms with Gasteiger partial charge in [-0.1, -0.05) is 13.8 Å². The van der Waals surface area contributed by atoms with E-state index in [-0.39, 0.29) is 0 Å². The van der Waals surface area contributed by atoms with Gasteiger partial charge in [-0.2, -0.15) is 0 Å². The molecule has 0 radical (unpaired) electrons. The molecule has 1 unspecified atom stereocenters. The van der Waals surface area contributed by atoms with Crippen molar-refractivity contribution in [1.82, 2.24) is 0 Å². The lowest BCUT2D eigenvalue weighted by molar-refractivity contribution is -0.788. The fourth-order valence-electron chi connectivity index (χ4n) is 1.80. The van der Waals surface area contributed by atoms with E-state index in [2.05, 4.69) is 38.9 Å². The quantitative estimate of drug-likeness (QED) is 0.572. The van der Waals surface area contributed by atoms with Crippen LogP contribution in [-0.2, 0) is 0 Å². The van der Waals surface area contributed by atoms with Crippen molar-refractivity contribution < 1.29 is 4.48 Å². The molecule has 0 fully saturated rings. The fraction of sp³-hybridized carbons (Fsp3) is 0.700. The molecule has 0 bridgehead atoms. The maximum absolute atomic E-state index is 4.32. The van der Waals surface area contributed by atoms with Gasteiger partial charge < -0.3 is 0 Å². The zero-order valence-corrected chi connectivity index (χ0v) is 8.54. The first-order valence-corrected chi connectivity index (χ1v) is 4.70. The lowest BCUT2D eigenvalue weighted by atomic mass is 10.2. The van der Waals surface area contributed by atoms with E-state index in [1.54, 1.807) is 0 Å². The molecule has 0 spiro atoms. The third-order valence-electron chi connectivity index (χ3n) is 2.51. The van der Waals surface area contributed by atoms with Crippen LogP contribution in [0.1, 0.15) is 27.7 Å². The molecular formula is C10H19N2+. The van der Waals surface area contributed by atoms with E-state index in [4.69, 9.17) is 0 Å². The van der Waals surface area contributed by atoms with Crippen LogP contribution in [0.25, 0.3) is 0 Å². The predicted octanol–water partition coefficient (Wildman–Crippen LogP) is 2.38. The summed E-state index contributed by atoms with van der Waals surface area (Å²) >= 11 is 0. The fourth-order valence-corrected chi connectivity index (χ4v) is 1.80. The third kappa shape index (κ3) is 1.58. The maximum atomic E-state index is 4.32. The summed E-state index contributed by atoms with van der Waals surface area (Å²) in [5.41, 5.74) is 0. The summed E-state index contributed by atoms with van der Waals surface area (Å²) < 4.78 is 0.956. The van der Waals surface area contributed by atoms with Crippen molar-refractivity contribution in [2.75, 3.05) is 13.1 Å². The Labute approximate surface area is 75.2 Å². The normalized spacial score (nSPS) is 28.2. The molecule has 1 heterocycles. The van der Waals surface area contributed by atoms with Gasteiger partial charge in [0.15, 0.2) is 0 Å². The molecule has 0 aromatic rings. The van der Waals surface area contributed by atoms with Crippen LogP contribution < -0.4 is 0 Å². The molecule has 0 amide bonds. The van der Waals surface area contributed by atoms with Gasteiger partial charge >= 0.3 is 0 Å². The molecule has 2 nitrogen and oxygen atoms in total. The SMILES string of the molecule is CC[N+]1(CC(C)C)C=CN=C1C. The molecule has 0 N–H and O–H groups in total. The number of hydrogen-bond donors (Lipinski definition) is 0. The van der Waals surface area contributed by atoms with Gasteiger partial charge in [-0.25, -0.2) is 4.99 Å². The highest BCUT2D eigenvalue weighted by Gasteiger charge is 2.30.